The van der Waals surface area contributed by atoms with Gasteiger partial charge in [-0.3, -0.25) is 9.69 Å². The molecule has 2 saturated heterocycles. The summed E-state index contributed by atoms with van der Waals surface area (Å²) in [5, 5.41) is 31.1. The summed E-state index contributed by atoms with van der Waals surface area (Å²) in [4.78, 5) is 14.1. The van der Waals surface area contributed by atoms with Crippen LogP contribution in [0, 0.1) is 5.41 Å². The predicted octanol–water partition coefficient (Wildman–Crippen LogP) is -1.29. The van der Waals surface area contributed by atoms with Crippen molar-refractivity contribution in [1.82, 2.24) is 10.2 Å². The van der Waals surface area contributed by atoms with Crippen LogP contribution < -0.4 is 11.1 Å². The minimum atomic E-state index is -1.35. The molecule has 7 nitrogen and oxygen atoms in total. The minimum absolute atomic E-state index is 0.0909. The molecule has 0 spiro atoms. The van der Waals surface area contributed by atoms with Gasteiger partial charge in [0.2, 0.25) is 0 Å². The first-order valence-electron chi connectivity index (χ1n) is 7.70. The van der Waals surface area contributed by atoms with E-state index in [0.717, 1.165) is 19.6 Å². The van der Waals surface area contributed by atoms with E-state index in [1.54, 1.807) is 0 Å². The topological polar surface area (TPSA) is 119 Å². The number of carboxylic acids is 1. The van der Waals surface area contributed by atoms with Crippen LogP contribution in [0.4, 0.5) is 0 Å². The van der Waals surface area contributed by atoms with Crippen molar-refractivity contribution in [3.05, 3.63) is 0 Å². The fourth-order valence-electron chi connectivity index (χ4n) is 4.25. The normalized spacial score (nSPS) is 36.5. The number of fused-ring (bicyclic) bond motifs is 1. The van der Waals surface area contributed by atoms with Crippen LogP contribution >= 0.6 is 0 Å². The molecule has 0 aliphatic carbocycles. The standard InChI is InChI=1S/C13H26BN3O4/c1-2-12(4-3-5-14(20)21)10-8-16-6-7-17(10)9-13(12,15)11(18)19/h10,16,20-21H,2-9,15H2,1H3,(H,18,19)/t10-,12?,13?/m1/s1. The van der Waals surface area contributed by atoms with Crippen molar-refractivity contribution in [3.63, 3.8) is 0 Å². The number of piperazine rings is 1. The zero-order chi connectivity index (χ0) is 15.7. The van der Waals surface area contributed by atoms with Crippen LogP contribution in [0.5, 0.6) is 0 Å². The van der Waals surface area contributed by atoms with Crippen LogP contribution in [0.15, 0.2) is 0 Å². The van der Waals surface area contributed by atoms with Crippen molar-refractivity contribution >= 4 is 13.1 Å². The lowest BCUT2D eigenvalue weighted by Crippen LogP contribution is -2.63. The molecule has 3 atom stereocenters. The Morgan fingerprint density at radius 1 is 1.52 bits per heavy atom. The van der Waals surface area contributed by atoms with Gasteiger partial charge in [-0.05, 0) is 19.2 Å². The van der Waals surface area contributed by atoms with Crippen LogP contribution in [0.2, 0.25) is 6.32 Å². The highest BCUT2D eigenvalue weighted by Crippen LogP contribution is 2.50. The summed E-state index contributed by atoms with van der Waals surface area (Å²) in [6.07, 6.45) is 2.06. The van der Waals surface area contributed by atoms with Gasteiger partial charge < -0.3 is 26.2 Å². The molecule has 21 heavy (non-hydrogen) atoms. The molecule has 0 amide bonds. The van der Waals surface area contributed by atoms with Gasteiger partial charge in [0.15, 0.2) is 0 Å². The van der Waals surface area contributed by atoms with Gasteiger partial charge in [0, 0.05) is 37.6 Å². The van der Waals surface area contributed by atoms with E-state index in [1.165, 1.54) is 0 Å². The average Bonchev–Trinajstić information content (AvgIpc) is 2.69. The fourth-order valence-corrected chi connectivity index (χ4v) is 4.25. The summed E-state index contributed by atoms with van der Waals surface area (Å²) >= 11 is 0. The predicted molar refractivity (Wildman–Crippen MR) is 79.7 cm³/mol. The number of carbonyl (C=O) groups is 1. The van der Waals surface area contributed by atoms with Gasteiger partial charge in [0.05, 0.1) is 0 Å². The molecule has 120 valence electrons. The first-order valence-corrected chi connectivity index (χ1v) is 7.70. The molecule has 2 heterocycles. The molecule has 2 rings (SSSR count). The number of nitrogens with one attached hydrogen (secondary N) is 1. The molecular formula is C13H26BN3O4. The molecule has 2 unspecified atom stereocenters. The molecule has 0 aromatic carbocycles. The second-order valence-electron chi connectivity index (χ2n) is 6.35. The van der Waals surface area contributed by atoms with Crippen LogP contribution in [0.1, 0.15) is 26.2 Å². The van der Waals surface area contributed by atoms with E-state index < -0.39 is 24.0 Å². The van der Waals surface area contributed by atoms with Gasteiger partial charge in [-0.15, -0.1) is 0 Å². The molecule has 0 aromatic rings. The summed E-state index contributed by atoms with van der Waals surface area (Å²) in [6, 6.07) is 0.0909. The molecule has 2 fully saturated rings. The SMILES string of the molecule is CCC1(CCCB(O)O)[C@H]2CNCCN2CC1(N)C(=O)O. The van der Waals surface area contributed by atoms with E-state index in [1.807, 2.05) is 6.92 Å². The second-order valence-corrected chi connectivity index (χ2v) is 6.35. The molecule has 2 aliphatic heterocycles. The number of hydrogen-bond acceptors (Lipinski definition) is 6. The molecule has 0 bridgehead atoms. The fraction of sp³-hybridized carbons (Fsp3) is 0.923. The number of nitrogens with zero attached hydrogens (tertiary/aromatic N) is 1. The smallest absolute Gasteiger partial charge is 0.451 e. The highest BCUT2D eigenvalue weighted by molar-refractivity contribution is 6.40. The maximum Gasteiger partial charge on any atom is 0.451 e. The summed E-state index contributed by atoms with van der Waals surface area (Å²) < 4.78 is 0. The Hall–Kier alpha value is -0.665. The van der Waals surface area contributed by atoms with Gasteiger partial charge in [-0.25, -0.2) is 0 Å². The van der Waals surface area contributed by atoms with Gasteiger partial charge in [-0.1, -0.05) is 13.3 Å². The highest BCUT2D eigenvalue weighted by atomic mass is 16.4. The Morgan fingerprint density at radius 3 is 2.81 bits per heavy atom. The van der Waals surface area contributed by atoms with Crippen molar-refractivity contribution in [2.24, 2.45) is 11.1 Å². The molecular weight excluding hydrogens is 273 g/mol. The summed E-state index contributed by atoms with van der Waals surface area (Å²) in [6.45, 7) is 4.74. The van der Waals surface area contributed by atoms with Crippen LogP contribution in [-0.4, -0.2) is 70.9 Å². The van der Waals surface area contributed by atoms with Crippen molar-refractivity contribution in [2.75, 3.05) is 26.2 Å². The van der Waals surface area contributed by atoms with Crippen molar-refractivity contribution < 1.29 is 19.9 Å². The third-order valence-electron chi connectivity index (χ3n) is 5.43. The maximum absolute atomic E-state index is 11.9. The molecule has 0 radical (unpaired) electrons. The third kappa shape index (κ3) is 2.71. The van der Waals surface area contributed by atoms with E-state index in [0.29, 0.717) is 25.8 Å². The first-order chi connectivity index (χ1) is 9.87. The number of nitrogens with two attached hydrogens (primary N) is 1. The van der Waals surface area contributed by atoms with Gasteiger partial charge in [0.25, 0.3) is 0 Å². The van der Waals surface area contributed by atoms with Crippen molar-refractivity contribution in [2.45, 2.75) is 44.1 Å². The Kier molecular flexibility index (Phi) is 4.94. The molecule has 0 saturated carbocycles. The summed E-state index contributed by atoms with van der Waals surface area (Å²) in [5.74, 6) is -0.955. The Labute approximate surface area is 125 Å². The minimum Gasteiger partial charge on any atom is -0.480 e. The monoisotopic (exact) mass is 299 g/mol. The van der Waals surface area contributed by atoms with Gasteiger partial charge in [-0.2, -0.15) is 0 Å². The lowest BCUT2D eigenvalue weighted by molar-refractivity contribution is -0.147. The number of rotatable bonds is 6. The average molecular weight is 299 g/mol. The zero-order valence-electron chi connectivity index (χ0n) is 12.6. The lowest BCUT2D eigenvalue weighted by atomic mass is 9.62. The van der Waals surface area contributed by atoms with Crippen molar-refractivity contribution in [3.8, 4) is 0 Å². The molecule has 8 heteroatoms. The van der Waals surface area contributed by atoms with Gasteiger partial charge in [0.1, 0.15) is 5.54 Å². The first kappa shape index (κ1) is 16.7. The number of hydrogen-bond donors (Lipinski definition) is 5. The second kappa shape index (κ2) is 6.22. The van der Waals surface area contributed by atoms with Crippen LogP contribution in [0.3, 0.4) is 0 Å². The van der Waals surface area contributed by atoms with Gasteiger partial charge >= 0.3 is 13.1 Å². The van der Waals surface area contributed by atoms with Crippen molar-refractivity contribution in [1.29, 1.82) is 0 Å². The quantitative estimate of drug-likeness (QED) is 0.387. The van der Waals surface area contributed by atoms with Crippen LogP contribution in [0.25, 0.3) is 0 Å². The van der Waals surface area contributed by atoms with E-state index in [9.17, 15) is 9.90 Å². The zero-order valence-corrected chi connectivity index (χ0v) is 12.6. The van der Waals surface area contributed by atoms with Crippen LogP contribution in [-0.2, 0) is 4.79 Å². The Bertz CT molecular complexity index is 398. The summed E-state index contributed by atoms with van der Waals surface area (Å²) in [5.41, 5.74) is 4.55. The maximum atomic E-state index is 11.9. The number of carboxylic acid groups (broad SMARTS) is 1. The largest absolute Gasteiger partial charge is 0.480 e. The molecule has 0 aromatic heterocycles. The highest BCUT2D eigenvalue weighted by Gasteiger charge is 2.64. The molecule has 2 aliphatic rings. The Morgan fingerprint density at radius 2 is 2.24 bits per heavy atom. The summed E-state index contributed by atoms with van der Waals surface area (Å²) in [7, 11) is -1.35. The van der Waals surface area contributed by atoms with E-state index >= 15 is 0 Å². The van der Waals surface area contributed by atoms with E-state index in [2.05, 4.69) is 10.2 Å². The Balaban J connectivity index is 2.28. The number of aliphatic carboxylic acids is 1. The van der Waals surface area contributed by atoms with E-state index in [-0.39, 0.29) is 12.4 Å². The lowest BCUT2D eigenvalue weighted by Gasteiger charge is -2.45. The third-order valence-corrected chi connectivity index (χ3v) is 5.43. The molecule has 6 N–H and O–H groups in total. The van der Waals surface area contributed by atoms with E-state index in [4.69, 9.17) is 15.8 Å².